The Morgan fingerprint density at radius 3 is 2.82 bits per heavy atom. The van der Waals surface area contributed by atoms with Crippen molar-refractivity contribution in [2.45, 2.75) is 6.92 Å². The summed E-state index contributed by atoms with van der Waals surface area (Å²) in [5.74, 6) is -0.0642. The van der Waals surface area contributed by atoms with Gasteiger partial charge in [-0.25, -0.2) is 5.01 Å². The first-order chi connectivity index (χ1) is 8.18. The predicted octanol–water partition coefficient (Wildman–Crippen LogP) is 1.73. The van der Waals surface area contributed by atoms with Gasteiger partial charge in [-0.2, -0.15) is 0 Å². The summed E-state index contributed by atoms with van der Waals surface area (Å²) in [7, 11) is 0. The molecule has 0 saturated carbocycles. The summed E-state index contributed by atoms with van der Waals surface area (Å²) in [6, 6.07) is 5.63. The van der Waals surface area contributed by atoms with Crippen LogP contribution in [0.25, 0.3) is 0 Å². The third-order valence-electron chi connectivity index (χ3n) is 2.78. The van der Waals surface area contributed by atoms with Gasteiger partial charge in [0.2, 0.25) is 0 Å². The molecule has 0 aromatic heterocycles. The lowest BCUT2D eigenvalue weighted by Crippen LogP contribution is -2.48. The number of hydrogen-bond donors (Lipinski definition) is 1. The van der Waals surface area contributed by atoms with E-state index < -0.39 is 0 Å². The van der Waals surface area contributed by atoms with Gasteiger partial charge in [0.1, 0.15) is 0 Å². The minimum Gasteiger partial charge on any atom is -0.379 e. The molecule has 1 amide bonds. The first-order valence-corrected chi connectivity index (χ1v) is 6.36. The van der Waals surface area contributed by atoms with Crippen LogP contribution in [0, 0.1) is 6.92 Å². The number of benzene rings is 1. The first kappa shape index (κ1) is 12.5. The van der Waals surface area contributed by atoms with Gasteiger partial charge in [0.15, 0.2) is 0 Å². The summed E-state index contributed by atoms with van der Waals surface area (Å²) in [6.07, 6.45) is 0. The summed E-state index contributed by atoms with van der Waals surface area (Å²) in [5.41, 5.74) is 4.55. The molecule has 1 aliphatic rings. The number of carbonyl (C=O) groups is 1. The van der Waals surface area contributed by atoms with Gasteiger partial charge in [0, 0.05) is 23.1 Å². The zero-order chi connectivity index (χ0) is 12.3. The molecule has 1 aromatic rings. The monoisotopic (exact) mass is 298 g/mol. The van der Waals surface area contributed by atoms with Crippen molar-refractivity contribution in [3.63, 3.8) is 0 Å². The van der Waals surface area contributed by atoms with E-state index in [2.05, 4.69) is 21.4 Å². The van der Waals surface area contributed by atoms with Crippen molar-refractivity contribution >= 4 is 21.8 Å². The van der Waals surface area contributed by atoms with Crippen LogP contribution in [0.4, 0.5) is 0 Å². The number of nitrogens with zero attached hydrogens (tertiary/aromatic N) is 1. The highest BCUT2D eigenvalue weighted by Crippen LogP contribution is 2.19. The number of hydrazine groups is 1. The van der Waals surface area contributed by atoms with Gasteiger partial charge < -0.3 is 4.74 Å². The number of amides is 1. The van der Waals surface area contributed by atoms with Gasteiger partial charge in [-0.1, -0.05) is 22.0 Å². The number of rotatable bonds is 2. The zero-order valence-electron chi connectivity index (χ0n) is 9.70. The van der Waals surface area contributed by atoms with Crippen LogP contribution in [0.15, 0.2) is 22.7 Å². The molecule has 1 heterocycles. The summed E-state index contributed by atoms with van der Waals surface area (Å²) in [5, 5.41) is 1.90. The minimum absolute atomic E-state index is 0.0642. The van der Waals surface area contributed by atoms with E-state index in [0.717, 1.165) is 23.1 Å². The quantitative estimate of drug-likeness (QED) is 0.904. The van der Waals surface area contributed by atoms with Gasteiger partial charge in [-0.15, -0.1) is 0 Å². The van der Waals surface area contributed by atoms with E-state index in [-0.39, 0.29) is 5.91 Å². The highest BCUT2D eigenvalue weighted by Gasteiger charge is 2.16. The Bertz CT molecular complexity index is 417. The van der Waals surface area contributed by atoms with E-state index in [1.807, 2.05) is 30.1 Å². The Morgan fingerprint density at radius 1 is 1.41 bits per heavy atom. The predicted molar refractivity (Wildman–Crippen MR) is 68.7 cm³/mol. The van der Waals surface area contributed by atoms with E-state index in [9.17, 15) is 4.79 Å². The fraction of sp³-hybridized carbons (Fsp3) is 0.417. The van der Waals surface area contributed by atoms with Crippen molar-refractivity contribution in [2.75, 3.05) is 26.3 Å². The van der Waals surface area contributed by atoms with E-state index in [1.165, 1.54) is 0 Å². The van der Waals surface area contributed by atoms with Crippen LogP contribution < -0.4 is 5.43 Å². The second kappa shape index (κ2) is 5.62. The van der Waals surface area contributed by atoms with E-state index in [1.54, 1.807) is 0 Å². The fourth-order valence-electron chi connectivity index (χ4n) is 1.73. The molecule has 0 aliphatic carbocycles. The number of morpholine rings is 1. The Labute approximate surface area is 109 Å². The number of halogens is 1. The van der Waals surface area contributed by atoms with Gasteiger partial charge in [0.25, 0.3) is 5.91 Å². The van der Waals surface area contributed by atoms with Crippen molar-refractivity contribution in [3.8, 4) is 0 Å². The van der Waals surface area contributed by atoms with Crippen LogP contribution in [-0.2, 0) is 4.74 Å². The second-order valence-electron chi connectivity index (χ2n) is 3.95. The van der Waals surface area contributed by atoms with Crippen LogP contribution in [0.3, 0.4) is 0 Å². The van der Waals surface area contributed by atoms with Crippen molar-refractivity contribution in [3.05, 3.63) is 33.8 Å². The number of carbonyl (C=O) groups excluding carboxylic acids is 1. The molecular formula is C12H15BrN2O2. The largest absolute Gasteiger partial charge is 0.379 e. The average Bonchev–Trinajstić information content (AvgIpc) is 2.34. The Balaban J connectivity index is 2.06. The Morgan fingerprint density at radius 2 is 2.12 bits per heavy atom. The summed E-state index contributed by atoms with van der Waals surface area (Å²) >= 11 is 3.43. The summed E-state index contributed by atoms with van der Waals surface area (Å²) in [6.45, 7) is 4.73. The van der Waals surface area contributed by atoms with Crippen LogP contribution in [0.2, 0.25) is 0 Å². The van der Waals surface area contributed by atoms with Crippen molar-refractivity contribution in [2.24, 2.45) is 0 Å². The molecule has 0 bridgehead atoms. The molecule has 0 spiro atoms. The molecule has 5 heteroatoms. The standard InChI is InChI=1S/C12H15BrN2O2/c1-9-10(3-2-4-11(9)13)12(16)14-15-5-7-17-8-6-15/h2-4H,5-8H2,1H3,(H,14,16). The molecule has 0 radical (unpaired) electrons. The fourth-order valence-corrected chi connectivity index (χ4v) is 2.10. The van der Waals surface area contributed by atoms with Gasteiger partial charge in [0.05, 0.1) is 13.2 Å². The van der Waals surface area contributed by atoms with Crippen LogP contribution >= 0.6 is 15.9 Å². The lowest BCUT2D eigenvalue weighted by atomic mass is 10.1. The highest BCUT2D eigenvalue weighted by molar-refractivity contribution is 9.10. The van der Waals surface area contributed by atoms with E-state index >= 15 is 0 Å². The zero-order valence-corrected chi connectivity index (χ0v) is 11.3. The van der Waals surface area contributed by atoms with Crippen molar-refractivity contribution in [1.29, 1.82) is 0 Å². The number of ether oxygens (including phenoxy) is 1. The smallest absolute Gasteiger partial charge is 0.265 e. The maximum absolute atomic E-state index is 12.1. The molecule has 1 aliphatic heterocycles. The van der Waals surface area contributed by atoms with Crippen LogP contribution in [-0.4, -0.2) is 37.2 Å². The van der Waals surface area contributed by atoms with Crippen molar-refractivity contribution < 1.29 is 9.53 Å². The van der Waals surface area contributed by atoms with Crippen LogP contribution in [0.5, 0.6) is 0 Å². The third kappa shape index (κ3) is 3.06. The average molecular weight is 299 g/mol. The lowest BCUT2D eigenvalue weighted by Gasteiger charge is -2.27. The molecule has 4 nitrogen and oxygen atoms in total. The van der Waals surface area contributed by atoms with Gasteiger partial charge >= 0.3 is 0 Å². The molecule has 1 saturated heterocycles. The number of nitrogens with one attached hydrogen (secondary N) is 1. The van der Waals surface area contributed by atoms with Gasteiger partial charge in [-0.3, -0.25) is 10.2 Å². The lowest BCUT2D eigenvalue weighted by molar-refractivity contribution is 0.0126. The molecule has 2 rings (SSSR count). The number of hydrogen-bond acceptors (Lipinski definition) is 3. The second-order valence-corrected chi connectivity index (χ2v) is 4.81. The molecule has 1 fully saturated rings. The normalized spacial score (nSPS) is 16.8. The summed E-state index contributed by atoms with van der Waals surface area (Å²) < 4.78 is 6.18. The van der Waals surface area contributed by atoms with Crippen molar-refractivity contribution in [1.82, 2.24) is 10.4 Å². The highest BCUT2D eigenvalue weighted by atomic mass is 79.9. The van der Waals surface area contributed by atoms with E-state index in [0.29, 0.717) is 18.8 Å². The van der Waals surface area contributed by atoms with Gasteiger partial charge in [-0.05, 0) is 24.6 Å². The third-order valence-corrected chi connectivity index (χ3v) is 3.64. The maximum Gasteiger partial charge on any atom is 0.265 e. The minimum atomic E-state index is -0.0642. The van der Waals surface area contributed by atoms with Crippen LogP contribution in [0.1, 0.15) is 15.9 Å². The molecule has 0 atom stereocenters. The molecule has 1 N–H and O–H groups in total. The molecule has 0 unspecified atom stereocenters. The molecule has 1 aromatic carbocycles. The SMILES string of the molecule is Cc1c(Br)cccc1C(=O)NN1CCOCC1. The summed E-state index contributed by atoms with van der Waals surface area (Å²) in [4.78, 5) is 12.1. The van der Waals surface area contributed by atoms with E-state index in [4.69, 9.17) is 4.74 Å². The molecular weight excluding hydrogens is 284 g/mol. The molecule has 17 heavy (non-hydrogen) atoms. The first-order valence-electron chi connectivity index (χ1n) is 5.57. The molecule has 92 valence electrons. The topological polar surface area (TPSA) is 41.6 Å². The maximum atomic E-state index is 12.1. The Kier molecular flexibility index (Phi) is 4.15. The Hall–Kier alpha value is -0.910.